The van der Waals surface area contributed by atoms with Gasteiger partial charge in [-0.1, -0.05) is 6.92 Å². The first-order valence-corrected chi connectivity index (χ1v) is 8.51. The first-order valence-electron chi connectivity index (χ1n) is 7.07. The minimum atomic E-state index is -3.22. The molecular formula is C12H25N3O2S. The van der Waals surface area contributed by atoms with Gasteiger partial charge < -0.3 is 5.32 Å². The second-order valence-electron chi connectivity index (χ2n) is 5.45. The molecular weight excluding hydrogens is 250 g/mol. The molecule has 2 fully saturated rings. The fourth-order valence-electron chi connectivity index (χ4n) is 2.34. The summed E-state index contributed by atoms with van der Waals surface area (Å²) < 4.78 is 28.4. The van der Waals surface area contributed by atoms with Gasteiger partial charge in [-0.3, -0.25) is 0 Å². The van der Waals surface area contributed by atoms with Crippen LogP contribution in [0.1, 0.15) is 32.6 Å². The predicted octanol–water partition coefficient (Wildman–Crippen LogP) is 0.552. The highest BCUT2D eigenvalue weighted by atomic mass is 32.2. The Labute approximate surface area is 110 Å². The lowest BCUT2D eigenvalue weighted by molar-refractivity contribution is 0.266. The topological polar surface area (TPSA) is 61.4 Å². The molecule has 5 nitrogen and oxygen atoms in total. The highest BCUT2D eigenvalue weighted by Crippen LogP contribution is 2.28. The van der Waals surface area contributed by atoms with E-state index in [4.69, 9.17) is 0 Å². The number of hydrogen-bond donors (Lipinski definition) is 2. The normalized spacial score (nSPS) is 23.4. The molecule has 1 aliphatic carbocycles. The van der Waals surface area contributed by atoms with Crippen LogP contribution in [0, 0.1) is 11.8 Å². The van der Waals surface area contributed by atoms with Crippen LogP contribution in [0.15, 0.2) is 0 Å². The summed E-state index contributed by atoms with van der Waals surface area (Å²) in [6.45, 7) is 6.05. The van der Waals surface area contributed by atoms with Gasteiger partial charge in [-0.25, -0.2) is 4.72 Å². The molecule has 106 valence electrons. The summed E-state index contributed by atoms with van der Waals surface area (Å²) >= 11 is 0. The van der Waals surface area contributed by atoms with E-state index in [-0.39, 0.29) is 0 Å². The van der Waals surface area contributed by atoms with Crippen molar-refractivity contribution in [2.45, 2.75) is 32.6 Å². The molecule has 2 N–H and O–H groups in total. The van der Waals surface area contributed by atoms with Crippen molar-refractivity contribution in [3.05, 3.63) is 0 Å². The van der Waals surface area contributed by atoms with E-state index in [1.807, 2.05) is 0 Å². The molecule has 0 aromatic carbocycles. The smallest absolute Gasteiger partial charge is 0.279 e. The first-order chi connectivity index (χ1) is 8.62. The van der Waals surface area contributed by atoms with Crippen molar-refractivity contribution >= 4 is 10.2 Å². The van der Waals surface area contributed by atoms with Crippen LogP contribution in [-0.2, 0) is 10.2 Å². The van der Waals surface area contributed by atoms with E-state index in [0.29, 0.717) is 31.5 Å². The number of piperidine rings is 1. The van der Waals surface area contributed by atoms with E-state index < -0.39 is 10.2 Å². The molecule has 0 bridgehead atoms. The summed E-state index contributed by atoms with van der Waals surface area (Å²) in [5, 5.41) is 3.34. The SMILES string of the molecule is CCNCC1CCN(S(=O)(=O)NCC2CC2)CC1. The molecule has 0 radical (unpaired) electrons. The molecule has 0 atom stereocenters. The molecule has 2 rings (SSSR count). The van der Waals surface area contributed by atoms with E-state index in [0.717, 1.165) is 25.9 Å². The van der Waals surface area contributed by atoms with E-state index in [9.17, 15) is 8.42 Å². The highest BCUT2D eigenvalue weighted by Gasteiger charge is 2.29. The van der Waals surface area contributed by atoms with Gasteiger partial charge in [0.15, 0.2) is 0 Å². The molecule has 2 aliphatic rings. The van der Waals surface area contributed by atoms with Gasteiger partial charge >= 0.3 is 0 Å². The van der Waals surface area contributed by atoms with E-state index >= 15 is 0 Å². The molecule has 0 aromatic heterocycles. The number of nitrogens with zero attached hydrogens (tertiary/aromatic N) is 1. The van der Waals surface area contributed by atoms with E-state index in [1.54, 1.807) is 4.31 Å². The van der Waals surface area contributed by atoms with Gasteiger partial charge in [0.1, 0.15) is 0 Å². The third-order valence-corrected chi connectivity index (χ3v) is 5.42. The van der Waals surface area contributed by atoms with Crippen molar-refractivity contribution in [3.63, 3.8) is 0 Å². The van der Waals surface area contributed by atoms with Gasteiger partial charge in [0.05, 0.1) is 0 Å². The fourth-order valence-corrected chi connectivity index (χ4v) is 3.66. The van der Waals surface area contributed by atoms with Crippen LogP contribution in [-0.4, -0.2) is 45.4 Å². The Kier molecular flexibility index (Phi) is 5.00. The summed E-state index contributed by atoms with van der Waals surface area (Å²) in [5.74, 6) is 1.21. The van der Waals surface area contributed by atoms with Gasteiger partial charge in [-0.15, -0.1) is 0 Å². The maximum atomic E-state index is 12.0. The second-order valence-corrected chi connectivity index (χ2v) is 7.20. The summed E-state index contributed by atoms with van der Waals surface area (Å²) in [6.07, 6.45) is 4.29. The zero-order chi connectivity index (χ0) is 13.0. The quantitative estimate of drug-likeness (QED) is 0.713. The molecule has 1 saturated heterocycles. The lowest BCUT2D eigenvalue weighted by atomic mass is 9.98. The lowest BCUT2D eigenvalue weighted by Crippen LogP contribution is -2.46. The van der Waals surface area contributed by atoms with Gasteiger partial charge in [0.25, 0.3) is 10.2 Å². The van der Waals surface area contributed by atoms with Crippen molar-refractivity contribution in [1.82, 2.24) is 14.3 Å². The minimum Gasteiger partial charge on any atom is -0.317 e. The van der Waals surface area contributed by atoms with Crippen LogP contribution in [0.5, 0.6) is 0 Å². The Hall–Kier alpha value is -0.170. The molecule has 6 heteroatoms. The van der Waals surface area contributed by atoms with Gasteiger partial charge in [0, 0.05) is 19.6 Å². The Balaban J connectivity index is 1.73. The molecule has 1 heterocycles. The molecule has 0 amide bonds. The summed E-state index contributed by atoms with van der Waals surface area (Å²) in [6, 6.07) is 0. The van der Waals surface area contributed by atoms with E-state index in [1.165, 1.54) is 12.8 Å². The highest BCUT2D eigenvalue weighted by molar-refractivity contribution is 7.87. The molecule has 0 unspecified atom stereocenters. The Bertz CT molecular complexity index is 346. The third kappa shape index (κ3) is 4.19. The van der Waals surface area contributed by atoms with Crippen LogP contribution in [0.25, 0.3) is 0 Å². The van der Waals surface area contributed by atoms with Gasteiger partial charge in [-0.2, -0.15) is 12.7 Å². The Morgan fingerprint density at radius 3 is 2.22 bits per heavy atom. The average molecular weight is 275 g/mol. The van der Waals surface area contributed by atoms with Crippen molar-refractivity contribution in [2.75, 3.05) is 32.7 Å². The average Bonchev–Trinajstić information content (AvgIpc) is 3.19. The third-order valence-electron chi connectivity index (χ3n) is 3.85. The number of nitrogens with one attached hydrogen (secondary N) is 2. The zero-order valence-electron chi connectivity index (χ0n) is 11.2. The fraction of sp³-hybridized carbons (Fsp3) is 1.00. The van der Waals surface area contributed by atoms with Crippen molar-refractivity contribution in [2.24, 2.45) is 11.8 Å². The standard InChI is InChI=1S/C12H25N3O2S/c1-2-13-9-12-5-7-15(8-6-12)18(16,17)14-10-11-3-4-11/h11-14H,2-10H2,1H3. The molecule has 1 saturated carbocycles. The monoisotopic (exact) mass is 275 g/mol. The lowest BCUT2D eigenvalue weighted by Gasteiger charge is -2.31. The van der Waals surface area contributed by atoms with Crippen LogP contribution in [0.3, 0.4) is 0 Å². The van der Waals surface area contributed by atoms with Crippen LogP contribution >= 0.6 is 0 Å². The van der Waals surface area contributed by atoms with Crippen LogP contribution in [0.2, 0.25) is 0 Å². The van der Waals surface area contributed by atoms with Gasteiger partial charge in [0.2, 0.25) is 0 Å². The summed E-state index contributed by atoms with van der Waals surface area (Å²) in [5.41, 5.74) is 0. The minimum absolute atomic E-state index is 0.589. The summed E-state index contributed by atoms with van der Waals surface area (Å²) in [4.78, 5) is 0. The second kappa shape index (κ2) is 6.32. The molecule has 1 aliphatic heterocycles. The van der Waals surface area contributed by atoms with Crippen molar-refractivity contribution in [1.29, 1.82) is 0 Å². The Morgan fingerprint density at radius 2 is 1.67 bits per heavy atom. The molecule has 18 heavy (non-hydrogen) atoms. The maximum Gasteiger partial charge on any atom is 0.279 e. The van der Waals surface area contributed by atoms with Crippen molar-refractivity contribution < 1.29 is 8.42 Å². The molecule has 0 spiro atoms. The predicted molar refractivity (Wildman–Crippen MR) is 72.5 cm³/mol. The largest absolute Gasteiger partial charge is 0.317 e. The van der Waals surface area contributed by atoms with Crippen molar-refractivity contribution in [3.8, 4) is 0 Å². The maximum absolute atomic E-state index is 12.0. The number of hydrogen-bond acceptors (Lipinski definition) is 3. The first kappa shape index (κ1) is 14.2. The Morgan fingerprint density at radius 1 is 1.06 bits per heavy atom. The molecule has 0 aromatic rings. The number of rotatable bonds is 7. The van der Waals surface area contributed by atoms with E-state index in [2.05, 4.69) is 17.0 Å². The van der Waals surface area contributed by atoms with Crippen LogP contribution < -0.4 is 10.0 Å². The zero-order valence-corrected chi connectivity index (χ0v) is 12.0. The van der Waals surface area contributed by atoms with Crippen LogP contribution in [0.4, 0.5) is 0 Å². The van der Waals surface area contributed by atoms with Gasteiger partial charge in [-0.05, 0) is 50.6 Å². The summed E-state index contributed by atoms with van der Waals surface area (Å²) in [7, 11) is -3.22.